The van der Waals surface area contributed by atoms with Gasteiger partial charge < -0.3 is 0 Å². The van der Waals surface area contributed by atoms with Gasteiger partial charge in [0, 0.05) is 9.75 Å². The molecule has 0 saturated heterocycles. The van der Waals surface area contributed by atoms with Crippen molar-refractivity contribution in [1.82, 2.24) is 0 Å². The van der Waals surface area contributed by atoms with Crippen LogP contribution >= 0.6 is 54.5 Å². The molecule has 7 aromatic rings. The highest BCUT2D eigenvalue weighted by atomic mass is 79.9. The molecule has 0 bridgehead atoms. The Bertz CT molecular complexity index is 2110. The van der Waals surface area contributed by atoms with Gasteiger partial charge in [-0.05, 0) is 139 Å². The molecule has 50 heavy (non-hydrogen) atoms. The van der Waals surface area contributed by atoms with E-state index in [4.69, 9.17) is 0 Å². The van der Waals surface area contributed by atoms with Gasteiger partial charge >= 0.3 is 0 Å². The summed E-state index contributed by atoms with van der Waals surface area (Å²) in [6, 6.07) is 46.9. The molecule has 5 aromatic carbocycles. The summed E-state index contributed by atoms with van der Waals surface area (Å²) in [6.45, 7) is 12.7. The maximum absolute atomic E-state index is 3.94. The van der Waals surface area contributed by atoms with Crippen LogP contribution in [-0.4, -0.2) is 0 Å². The van der Waals surface area contributed by atoms with Crippen LogP contribution in [0.5, 0.6) is 0 Å². The van der Waals surface area contributed by atoms with Crippen molar-refractivity contribution in [1.29, 1.82) is 0 Å². The van der Waals surface area contributed by atoms with Crippen molar-refractivity contribution >= 4 is 54.5 Å². The Morgan fingerprint density at radius 3 is 0.900 bits per heavy atom. The number of hydrogen-bond donors (Lipinski definition) is 0. The van der Waals surface area contributed by atoms with E-state index >= 15 is 0 Å². The molecular formula is C46H38Br2S2. The van der Waals surface area contributed by atoms with E-state index in [9.17, 15) is 0 Å². The van der Waals surface area contributed by atoms with Gasteiger partial charge in [-0.2, -0.15) is 0 Å². The Morgan fingerprint density at radius 1 is 0.380 bits per heavy atom. The number of aryl methyl sites for hydroxylation is 4. The van der Waals surface area contributed by atoms with Gasteiger partial charge in [0.05, 0.1) is 18.4 Å². The maximum atomic E-state index is 3.94. The Kier molecular flexibility index (Phi) is 8.46. The fourth-order valence-corrected chi connectivity index (χ4v) is 11.7. The first-order valence-electron chi connectivity index (χ1n) is 17.3. The van der Waals surface area contributed by atoms with Gasteiger partial charge in [-0.15, -0.1) is 22.7 Å². The number of halogens is 2. The van der Waals surface area contributed by atoms with Crippen LogP contribution < -0.4 is 0 Å². The van der Waals surface area contributed by atoms with E-state index < -0.39 is 10.8 Å². The van der Waals surface area contributed by atoms with Crippen LogP contribution in [0.15, 0.2) is 129 Å². The van der Waals surface area contributed by atoms with Gasteiger partial charge in [-0.1, -0.05) is 133 Å². The molecular weight excluding hydrogens is 776 g/mol. The quantitative estimate of drug-likeness (QED) is 0.166. The van der Waals surface area contributed by atoms with Crippen LogP contribution in [0.25, 0.3) is 20.9 Å². The lowest BCUT2D eigenvalue weighted by Gasteiger charge is -2.35. The van der Waals surface area contributed by atoms with Crippen molar-refractivity contribution in [3.05, 3.63) is 196 Å². The number of benzene rings is 5. The molecule has 2 heterocycles. The van der Waals surface area contributed by atoms with Crippen LogP contribution in [0.1, 0.15) is 80.6 Å². The van der Waals surface area contributed by atoms with Crippen LogP contribution in [0.4, 0.5) is 0 Å². The normalized spacial score (nSPS) is 14.3. The van der Waals surface area contributed by atoms with Crippen LogP contribution in [0.3, 0.4) is 0 Å². The molecule has 0 fully saturated rings. The van der Waals surface area contributed by atoms with Crippen molar-refractivity contribution in [2.75, 3.05) is 0 Å². The summed E-state index contributed by atoms with van der Waals surface area (Å²) < 4.78 is 2.32. The highest BCUT2D eigenvalue weighted by Crippen LogP contribution is 2.65. The number of hydrogen-bond acceptors (Lipinski definition) is 2. The summed E-state index contributed by atoms with van der Waals surface area (Å²) in [7, 11) is 0. The van der Waals surface area contributed by atoms with E-state index in [1.807, 2.05) is 36.5 Å². The van der Waals surface area contributed by atoms with E-state index in [0.29, 0.717) is 0 Å². The molecule has 9 rings (SSSR count). The fourth-order valence-electron chi connectivity index (χ4n) is 8.36. The third-order valence-electron chi connectivity index (χ3n) is 10.6. The molecule has 0 amide bonds. The summed E-state index contributed by atoms with van der Waals surface area (Å²) >= 11 is 11.6. The molecule has 0 nitrogen and oxygen atoms in total. The summed E-state index contributed by atoms with van der Waals surface area (Å²) in [5, 5.41) is 0. The van der Waals surface area contributed by atoms with Crippen molar-refractivity contribution in [3.63, 3.8) is 0 Å². The molecule has 2 aromatic heterocycles. The fraction of sp³-hybridized carbons (Fsp3) is 0.174. The molecule has 0 N–H and O–H groups in total. The minimum Gasteiger partial charge on any atom is -0.128 e. The molecule has 0 radical (unpaired) electrons. The molecule has 0 aliphatic heterocycles. The Hall–Kier alpha value is -3.54. The average Bonchev–Trinajstić information content (AvgIpc) is 3.83. The zero-order chi connectivity index (χ0) is 34.9. The topological polar surface area (TPSA) is 0 Å². The van der Waals surface area contributed by atoms with Crippen LogP contribution in [-0.2, 0) is 10.8 Å². The zero-order valence-electron chi connectivity index (χ0n) is 29.1. The first kappa shape index (κ1) is 33.6. The molecule has 0 spiro atoms. The zero-order valence-corrected chi connectivity index (χ0v) is 33.9. The smallest absolute Gasteiger partial charge is 0.0722 e. The molecule has 2 aliphatic rings. The lowest BCUT2D eigenvalue weighted by molar-refractivity contribution is 0.759. The predicted molar refractivity (Wildman–Crippen MR) is 222 cm³/mol. The van der Waals surface area contributed by atoms with Crippen molar-refractivity contribution in [3.8, 4) is 20.9 Å². The van der Waals surface area contributed by atoms with Gasteiger partial charge in [0.2, 0.25) is 0 Å². The van der Waals surface area contributed by atoms with Gasteiger partial charge in [0.25, 0.3) is 0 Å². The van der Waals surface area contributed by atoms with E-state index in [0.717, 1.165) is 7.57 Å². The van der Waals surface area contributed by atoms with E-state index in [-0.39, 0.29) is 0 Å². The van der Waals surface area contributed by atoms with Crippen molar-refractivity contribution in [2.24, 2.45) is 0 Å². The molecule has 248 valence electrons. The van der Waals surface area contributed by atoms with Crippen LogP contribution in [0, 0.1) is 27.7 Å². The summed E-state index contributed by atoms with van der Waals surface area (Å²) in [5.74, 6) is 0. The van der Waals surface area contributed by atoms with Gasteiger partial charge in [-0.25, -0.2) is 0 Å². The minimum absolute atomic E-state index is 0.447. The molecule has 4 heteroatoms. The lowest BCUT2D eigenvalue weighted by Crippen LogP contribution is -2.30. The number of rotatable bonds is 4. The van der Waals surface area contributed by atoms with E-state index in [1.165, 1.54) is 87.6 Å². The van der Waals surface area contributed by atoms with Gasteiger partial charge in [0.15, 0.2) is 0 Å². The Balaban J connectivity index is 0.00000177. The highest BCUT2D eigenvalue weighted by Gasteiger charge is 2.52. The lowest BCUT2D eigenvalue weighted by atomic mass is 9.66. The predicted octanol–water partition coefficient (Wildman–Crippen LogP) is 14.3. The highest BCUT2D eigenvalue weighted by molar-refractivity contribution is 9.11. The second kappa shape index (κ2) is 12.6. The third kappa shape index (κ3) is 4.79. The summed E-state index contributed by atoms with van der Waals surface area (Å²) in [4.78, 5) is 2.69. The van der Waals surface area contributed by atoms with E-state index in [1.54, 1.807) is 0 Å². The first-order valence-corrected chi connectivity index (χ1v) is 20.5. The monoisotopic (exact) mass is 812 g/mol. The third-order valence-corrected chi connectivity index (χ3v) is 13.9. The van der Waals surface area contributed by atoms with E-state index in [2.05, 4.69) is 181 Å². The second-order valence-corrected chi connectivity index (χ2v) is 18.4. The second-order valence-electron chi connectivity index (χ2n) is 13.5. The maximum Gasteiger partial charge on any atom is 0.0722 e. The minimum atomic E-state index is -0.447. The van der Waals surface area contributed by atoms with Gasteiger partial charge in [0.1, 0.15) is 0 Å². The molecule has 0 unspecified atom stereocenters. The average molecular weight is 815 g/mol. The molecule has 0 atom stereocenters. The van der Waals surface area contributed by atoms with Crippen molar-refractivity contribution < 1.29 is 0 Å². The Labute approximate surface area is 321 Å². The summed E-state index contributed by atoms with van der Waals surface area (Å²) in [6.07, 6.45) is 0. The Morgan fingerprint density at radius 2 is 0.640 bits per heavy atom. The number of fused-ring (bicyclic) bond motifs is 6. The summed E-state index contributed by atoms with van der Waals surface area (Å²) in [5.41, 5.74) is 17.5. The number of thiophene rings is 2. The molecule has 2 aliphatic carbocycles. The standard InChI is InChI=1S/C44H32Br2S2.C2H6/c1-25-5-13-29(14-6-25)43(30-15-7-26(2)8-16-30)35-21-34-36(22-33(35)41-37(43)23-39(45)47-41)44(31-17-9-27(3)10-18-31,32-19-11-28(4)12-20-32)38-24-40(46)48-42(34)38;1-2/h5-24H,1-4H3;1-2H3. The first-order chi connectivity index (χ1) is 24.2. The van der Waals surface area contributed by atoms with Gasteiger partial charge in [-0.3, -0.25) is 0 Å². The van der Waals surface area contributed by atoms with Crippen LogP contribution in [0.2, 0.25) is 0 Å². The van der Waals surface area contributed by atoms with Crippen molar-refractivity contribution in [2.45, 2.75) is 52.4 Å². The molecule has 0 saturated carbocycles. The largest absolute Gasteiger partial charge is 0.128 e. The SMILES string of the molecule is CC.Cc1ccc(C2(c3ccc(C)cc3)c3cc4c(cc3-c3sc(Br)cc32)C(c2ccc(C)cc2)(c2ccc(C)cc2)c2cc(Br)sc2-4)cc1.